The number of hydrogen-bond donors (Lipinski definition) is 1. The number of piperidine rings is 1. The van der Waals surface area contributed by atoms with Gasteiger partial charge in [-0.05, 0) is 37.6 Å². The first-order valence-corrected chi connectivity index (χ1v) is 6.22. The van der Waals surface area contributed by atoms with Crippen LogP contribution in [0.5, 0.6) is 5.75 Å². The van der Waals surface area contributed by atoms with Gasteiger partial charge in [0.15, 0.2) is 0 Å². The highest BCUT2D eigenvalue weighted by atomic mass is 16.5. The Hall–Kier alpha value is -1.81. The third-order valence-electron chi connectivity index (χ3n) is 3.15. The van der Waals surface area contributed by atoms with E-state index in [0.717, 1.165) is 37.1 Å². The molecule has 1 aliphatic rings. The van der Waals surface area contributed by atoms with Gasteiger partial charge in [-0.15, -0.1) is 0 Å². The summed E-state index contributed by atoms with van der Waals surface area (Å²) in [5, 5.41) is 4.21. The first-order valence-electron chi connectivity index (χ1n) is 6.22. The van der Waals surface area contributed by atoms with Crippen molar-refractivity contribution in [2.75, 3.05) is 13.1 Å². The lowest BCUT2D eigenvalue weighted by Crippen LogP contribution is -2.37. The maximum Gasteiger partial charge on any atom is 0.336 e. The van der Waals surface area contributed by atoms with Gasteiger partial charge in [-0.1, -0.05) is 0 Å². The Balaban J connectivity index is 1.85. The number of benzene rings is 1. The highest BCUT2D eigenvalue weighted by Crippen LogP contribution is 2.21. The Labute approximate surface area is 105 Å². The minimum absolute atomic E-state index is 0.201. The van der Waals surface area contributed by atoms with Crippen molar-refractivity contribution in [2.24, 2.45) is 0 Å². The van der Waals surface area contributed by atoms with E-state index in [4.69, 9.17) is 9.15 Å². The van der Waals surface area contributed by atoms with Crippen LogP contribution in [-0.2, 0) is 0 Å². The zero-order valence-corrected chi connectivity index (χ0v) is 10.0. The predicted molar refractivity (Wildman–Crippen MR) is 69.0 cm³/mol. The quantitative estimate of drug-likeness (QED) is 0.821. The van der Waals surface area contributed by atoms with Gasteiger partial charge in [-0.3, -0.25) is 0 Å². The molecule has 0 spiro atoms. The Morgan fingerprint density at radius 2 is 2.17 bits per heavy atom. The van der Waals surface area contributed by atoms with Crippen LogP contribution in [0.3, 0.4) is 0 Å². The number of fused-ring (bicyclic) bond motifs is 1. The summed E-state index contributed by atoms with van der Waals surface area (Å²) < 4.78 is 11.0. The lowest BCUT2D eigenvalue weighted by Gasteiger charge is -2.23. The maximum atomic E-state index is 11.2. The van der Waals surface area contributed by atoms with Gasteiger partial charge >= 0.3 is 5.63 Å². The van der Waals surface area contributed by atoms with Crippen LogP contribution in [0.15, 0.2) is 39.5 Å². The van der Waals surface area contributed by atoms with Gasteiger partial charge in [-0.2, -0.15) is 0 Å². The highest BCUT2D eigenvalue weighted by molar-refractivity contribution is 5.77. The topological polar surface area (TPSA) is 51.5 Å². The molecule has 0 amide bonds. The van der Waals surface area contributed by atoms with Crippen LogP contribution in [-0.4, -0.2) is 19.2 Å². The molecule has 1 fully saturated rings. The molecule has 1 aromatic heterocycles. The van der Waals surface area contributed by atoms with Gasteiger partial charge in [0, 0.05) is 24.1 Å². The molecular weight excluding hydrogens is 230 g/mol. The fourth-order valence-corrected chi connectivity index (χ4v) is 2.23. The lowest BCUT2D eigenvalue weighted by molar-refractivity contribution is 0.167. The fourth-order valence-electron chi connectivity index (χ4n) is 2.23. The van der Waals surface area contributed by atoms with E-state index in [1.807, 2.05) is 12.1 Å². The largest absolute Gasteiger partial charge is 0.489 e. The fraction of sp³-hybridized carbons (Fsp3) is 0.357. The average molecular weight is 245 g/mol. The lowest BCUT2D eigenvalue weighted by atomic mass is 10.1. The van der Waals surface area contributed by atoms with Gasteiger partial charge in [0.25, 0.3) is 0 Å². The van der Waals surface area contributed by atoms with Gasteiger partial charge in [0.1, 0.15) is 17.4 Å². The molecule has 4 nitrogen and oxygen atoms in total. The third kappa shape index (κ3) is 2.38. The van der Waals surface area contributed by atoms with Crippen molar-refractivity contribution in [3.63, 3.8) is 0 Å². The Morgan fingerprint density at radius 3 is 3.00 bits per heavy atom. The summed E-state index contributed by atoms with van der Waals surface area (Å²) in [5.41, 5.74) is 0.239. The molecule has 0 aliphatic carbocycles. The van der Waals surface area contributed by atoms with Crippen molar-refractivity contribution in [1.82, 2.24) is 5.32 Å². The van der Waals surface area contributed by atoms with E-state index >= 15 is 0 Å². The zero-order valence-electron chi connectivity index (χ0n) is 10.0. The second-order valence-corrected chi connectivity index (χ2v) is 4.54. The van der Waals surface area contributed by atoms with Crippen LogP contribution < -0.4 is 15.7 Å². The van der Waals surface area contributed by atoms with Crippen LogP contribution in [0, 0.1) is 0 Å². The van der Waals surface area contributed by atoms with Crippen LogP contribution in [0.25, 0.3) is 11.0 Å². The van der Waals surface area contributed by atoms with Crippen molar-refractivity contribution in [3.05, 3.63) is 40.8 Å². The van der Waals surface area contributed by atoms with E-state index < -0.39 is 0 Å². The molecule has 94 valence electrons. The second kappa shape index (κ2) is 4.82. The summed E-state index contributed by atoms with van der Waals surface area (Å²) in [6.45, 7) is 1.93. The van der Waals surface area contributed by atoms with E-state index in [1.54, 1.807) is 12.1 Å². The normalized spacial score (nSPS) is 19.9. The van der Waals surface area contributed by atoms with Crippen molar-refractivity contribution in [1.29, 1.82) is 0 Å². The smallest absolute Gasteiger partial charge is 0.336 e. The molecule has 1 aromatic carbocycles. The molecule has 1 aliphatic heterocycles. The average Bonchev–Trinajstić information content (AvgIpc) is 2.39. The minimum Gasteiger partial charge on any atom is -0.489 e. The molecule has 4 heteroatoms. The predicted octanol–water partition coefficient (Wildman–Crippen LogP) is 1.92. The Kier molecular flexibility index (Phi) is 3.02. The maximum absolute atomic E-state index is 11.2. The van der Waals surface area contributed by atoms with Crippen LogP contribution in [0.2, 0.25) is 0 Å². The SMILES string of the molecule is O=c1ccc2ccc(O[C@@H]3CCCNC3)cc2o1. The second-order valence-electron chi connectivity index (χ2n) is 4.54. The molecule has 2 heterocycles. The van der Waals surface area contributed by atoms with Gasteiger partial charge in [0.2, 0.25) is 0 Å². The molecule has 3 rings (SSSR count). The molecular formula is C14H15NO3. The number of rotatable bonds is 2. The molecule has 0 radical (unpaired) electrons. The summed E-state index contributed by atoms with van der Waals surface area (Å²) in [6, 6.07) is 8.78. The molecule has 1 atom stereocenters. The molecule has 18 heavy (non-hydrogen) atoms. The summed E-state index contributed by atoms with van der Waals surface area (Å²) >= 11 is 0. The van der Waals surface area contributed by atoms with E-state index in [1.165, 1.54) is 6.07 Å². The molecule has 2 aromatic rings. The zero-order chi connectivity index (χ0) is 12.4. The van der Waals surface area contributed by atoms with Crippen molar-refractivity contribution in [3.8, 4) is 5.75 Å². The summed E-state index contributed by atoms with van der Waals surface area (Å²) in [6.07, 6.45) is 2.39. The highest BCUT2D eigenvalue weighted by Gasteiger charge is 2.14. The van der Waals surface area contributed by atoms with Crippen LogP contribution in [0.4, 0.5) is 0 Å². The third-order valence-corrected chi connectivity index (χ3v) is 3.15. The van der Waals surface area contributed by atoms with Crippen molar-refractivity contribution < 1.29 is 9.15 Å². The number of ether oxygens (including phenoxy) is 1. The monoisotopic (exact) mass is 245 g/mol. The van der Waals surface area contributed by atoms with Gasteiger partial charge in [0.05, 0.1) is 0 Å². The van der Waals surface area contributed by atoms with Crippen molar-refractivity contribution in [2.45, 2.75) is 18.9 Å². The standard InChI is InChI=1S/C14H15NO3/c16-14-6-4-10-3-5-11(8-13(10)18-14)17-12-2-1-7-15-9-12/h3-6,8,12,15H,1-2,7,9H2/t12-/m1/s1. The Bertz CT molecular complexity index is 599. The van der Waals surface area contributed by atoms with Crippen LogP contribution >= 0.6 is 0 Å². The minimum atomic E-state index is -0.334. The molecule has 0 unspecified atom stereocenters. The van der Waals surface area contributed by atoms with E-state index in [0.29, 0.717) is 5.58 Å². The summed E-state index contributed by atoms with van der Waals surface area (Å²) in [7, 11) is 0. The molecule has 0 bridgehead atoms. The van der Waals surface area contributed by atoms with Gasteiger partial charge < -0.3 is 14.5 Å². The molecule has 1 N–H and O–H groups in total. The first-order chi connectivity index (χ1) is 8.81. The van der Waals surface area contributed by atoms with E-state index in [2.05, 4.69) is 5.32 Å². The van der Waals surface area contributed by atoms with Crippen molar-refractivity contribution >= 4 is 11.0 Å². The van der Waals surface area contributed by atoms with E-state index in [9.17, 15) is 4.79 Å². The van der Waals surface area contributed by atoms with Gasteiger partial charge in [-0.25, -0.2) is 4.79 Å². The molecule has 1 saturated heterocycles. The summed E-state index contributed by atoms with van der Waals surface area (Å²) in [4.78, 5) is 11.2. The van der Waals surface area contributed by atoms with E-state index in [-0.39, 0.29) is 11.7 Å². The Morgan fingerprint density at radius 1 is 1.28 bits per heavy atom. The molecule has 0 saturated carbocycles. The summed E-state index contributed by atoms with van der Waals surface area (Å²) in [5.74, 6) is 0.755. The van der Waals surface area contributed by atoms with Crippen LogP contribution in [0.1, 0.15) is 12.8 Å². The number of hydrogen-bond acceptors (Lipinski definition) is 4. The first kappa shape index (κ1) is 11.3. The number of nitrogens with one attached hydrogen (secondary N) is 1.